The molecule has 1 atom stereocenters. The molecular formula is C23H24ClN3O3. The first kappa shape index (κ1) is 21.6. The van der Waals surface area contributed by atoms with Crippen LogP contribution in [0.2, 0.25) is 5.02 Å². The topological polar surface area (TPSA) is 84.2 Å². The number of nitrogens with zero attached hydrogens (tertiary/aromatic N) is 1. The van der Waals surface area contributed by atoms with Crippen molar-refractivity contribution in [1.29, 1.82) is 0 Å². The molecule has 3 aromatic rings. The Labute approximate surface area is 180 Å². The number of hydrogen-bond acceptors (Lipinski definition) is 4. The van der Waals surface area contributed by atoms with Gasteiger partial charge in [0.25, 0.3) is 0 Å². The first-order valence-electron chi connectivity index (χ1n) is 9.71. The van der Waals surface area contributed by atoms with Crippen LogP contribution < -0.4 is 10.6 Å². The predicted octanol–water partition coefficient (Wildman–Crippen LogP) is 4.23. The Morgan fingerprint density at radius 1 is 1.10 bits per heavy atom. The van der Waals surface area contributed by atoms with Gasteiger partial charge < -0.3 is 15.1 Å². The van der Waals surface area contributed by atoms with E-state index in [1.165, 1.54) is 12.5 Å². The molecule has 0 aliphatic carbocycles. The van der Waals surface area contributed by atoms with Crippen molar-refractivity contribution >= 4 is 23.4 Å². The Balaban J connectivity index is 1.52. The van der Waals surface area contributed by atoms with Crippen molar-refractivity contribution < 1.29 is 14.0 Å². The maximum absolute atomic E-state index is 12.4. The van der Waals surface area contributed by atoms with Crippen LogP contribution in [0.15, 0.2) is 59.2 Å². The van der Waals surface area contributed by atoms with Crippen LogP contribution in [0, 0.1) is 6.92 Å². The van der Waals surface area contributed by atoms with E-state index in [0.29, 0.717) is 23.9 Å². The van der Waals surface area contributed by atoms with Crippen molar-refractivity contribution in [2.24, 2.45) is 0 Å². The highest BCUT2D eigenvalue weighted by Gasteiger charge is 2.17. The Kier molecular flexibility index (Phi) is 7.25. The molecule has 7 heteroatoms. The number of oxazole rings is 1. The lowest BCUT2D eigenvalue weighted by molar-refractivity contribution is -0.122. The van der Waals surface area contributed by atoms with Gasteiger partial charge in [-0.05, 0) is 36.8 Å². The molecule has 0 aliphatic rings. The number of amides is 2. The minimum absolute atomic E-state index is 0.134. The van der Waals surface area contributed by atoms with Gasteiger partial charge >= 0.3 is 0 Å². The number of aromatic nitrogens is 1. The molecule has 6 nitrogen and oxygen atoms in total. The average Bonchev–Trinajstić information content (AvgIpc) is 3.17. The van der Waals surface area contributed by atoms with E-state index in [9.17, 15) is 9.59 Å². The molecule has 1 unspecified atom stereocenters. The molecule has 156 valence electrons. The van der Waals surface area contributed by atoms with Gasteiger partial charge in [-0.2, -0.15) is 0 Å². The van der Waals surface area contributed by atoms with Gasteiger partial charge in [-0.3, -0.25) is 9.59 Å². The Hall–Kier alpha value is -3.12. The van der Waals surface area contributed by atoms with E-state index >= 15 is 0 Å². The van der Waals surface area contributed by atoms with Crippen LogP contribution in [-0.2, 0) is 16.0 Å². The fourth-order valence-corrected chi connectivity index (χ4v) is 3.16. The van der Waals surface area contributed by atoms with Crippen LogP contribution >= 0.6 is 11.6 Å². The molecule has 0 bridgehead atoms. The lowest BCUT2D eigenvalue weighted by atomic mass is 10.0. The third-order valence-corrected chi connectivity index (χ3v) is 4.84. The third kappa shape index (κ3) is 6.19. The summed E-state index contributed by atoms with van der Waals surface area (Å²) in [6.07, 6.45) is 2.29. The van der Waals surface area contributed by atoms with Gasteiger partial charge in [0.15, 0.2) is 0 Å². The van der Waals surface area contributed by atoms with Gasteiger partial charge in [0.05, 0.1) is 18.2 Å². The first-order chi connectivity index (χ1) is 14.4. The lowest BCUT2D eigenvalue weighted by Crippen LogP contribution is -2.33. The second-order valence-electron chi connectivity index (χ2n) is 7.12. The summed E-state index contributed by atoms with van der Waals surface area (Å²) in [7, 11) is 0. The van der Waals surface area contributed by atoms with E-state index < -0.39 is 6.04 Å². The van der Waals surface area contributed by atoms with Crippen molar-refractivity contribution in [1.82, 2.24) is 15.6 Å². The van der Waals surface area contributed by atoms with Crippen LogP contribution in [-0.4, -0.2) is 23.3 Å². The first-order valence-corrected chi connectivity index (χ1v) is 10.1. The van der Waals surface area contributed by atoms with Gasteiger partial charge in [-0.1, -0.05) is 41.4 Å². The van der Waals surface area contributed by atoms with Gasteiger partial charge in [0, 0.05) is 30.5 Å². The molecule has 2 amide bonds. The Bertz CT molecular complexity index is 997. The van der Waals surface area contributed by atoms with Gasteiger partial charge in [0.2, 0.25) is 17.7 Å². The number of carbonyl (C=O) groups is 2. The predicted molar refractivity (Wildman–Crippen MR) is 116 cm³/mol. The van der Waals surface area contributed by atoms with Crippen molar-refractivity contribution in [3.8, 4) is 11.5 Å². The summed E-state index contributed by atoms with van der Waals surface area (Å²) in [4.78, 5) is 28.4. The van der Waals surface area contributed by atoms with Crippen molar-refractivity contribution in [3.05, 3.63) is 76.6 Å². The zero-order valence-electron chi connectivity index (χ0n) is 16.9. The summed E-state index contributed by atoms with van der Waals surface area (Å²) >= 11 is 5.92. The maximum atomic E-state index is 12.4. The largest absolute Gasteiger partial charge is 0.444 e. The van der Waals surface area contributed by atoms with Crippen LogP contribution in [0.4, 0.5) is 0 Å². The molecule has 2 N–H and O–H groups in total. The highest BCUT2D eigenvalue weighted by Crippen LogP contribution is 2.20. The number of benzene rings is 2. The van der Waals surface area contributed by atoms with Gasteiger partial charge in [-0.15, -0.1) is 0 Å². The maximum Gasteiger partial charge on any atom is 0.226 e. The molecule has 0 aliphatic heterocycles. The summed E-state index contributed by atoms with van der Waals surface area (Å²) in [5.74, 6) is 0.199. The SMILES string of the molecule is CC(=O)NC(CC(=O)NCCc1coc(-c2ccc(C)cc2)n1)c1ccc(Cl)cc1. The highest BCUT2D eigenvalue weighted by molar-refractivity contribution is 6.30. The minimum atomic E-state index is -0.417. The molecular weight excluding hydrogens is 402 g/mol. The summed E-state index contributed by atoms with van der Waals surface area (Å²) in [6, 6.07) is 14.6. The second kappa shape index (κ2) is 10.1. The van der Waals surface area contributed by atoms with E-state index in [1.54, 1.807) is 30.5 Å². The molecule has 0 spiro atoms. The monoisotopic (exact) mass is 425 g/mol. The summed E-state index contributed by atoms with van der Waals surface area (Å²) in [5.41, 5.74) is 3.67. The molecule has 30 heavy (non-hydrogen) atoms. The van der Waals surface area contributed by atoms with Crippen LogP contribution in [0.5, 0.6) is 0 Å². The van der Waals surface area contributed by atoms with Crippen molar-refractivity contribution in [2.45, 2.75) is 32.7 Å². The van der Waals surface area contributed by atoms with Crippen molar-refractivity contribution in [2.75, 3.05) is 6.54 Å². The zero-order chi connectivity index (χ0) is 21.5. The molecule has 2 aromatic carbocycles. The lowest BCUT2D eigenvalue weighted by Gasteiger charge is -2.18. The van der Waals surface area contributed by atoms with Crippen LogP contribution in [0.3, 0.4) is 0 Å². The van der Waals surface area contributed by atoms with E-state index in [0.717, 1.165) is 16.8 Å². The van der Waals surface area contributed by atoms with Crippen molar-refractivity contribution in [3.63, 3.8) is 0 Å². The summed E-state index contributed by atoms with van der Waals surface area (Å²) < 4.78 is 5.54. The highest BCUT2D eigenvalue weighted by atomic mass is 35.5. The standard InChI is InChI=1S/C23H24ClN3O3/c1-15-3-5-18(6-4-15)23-27-20(14-30-23)11-12-25-22(29)13-21(26-16(2)28)17-7-9-19(24)10-8-17/h3-10,14,21H,11-13H2,1-2H3,(H,25,29)(H,26,28). The number of nitrogens with one attached hydrogen (secondary N) is 2. The number of halogens is 1. The molecule has 1 aromatic heterocycles. The Morgan fingerprint density at radius 2 is 1.80 bits per heavy atom. The van der Waals surface area contributed by atoms with E-state index in [-0.39, 0.29) is 18.2 Å². The number of hydrogen-bond donors (Lipinski definition) is 2. The number of carbonyl (C=O) groups excluding carboxylic acids is 2. The molecule has 0 saturated heterocycles. The second-order valence-corrected chi connectivity index (χ2v) is 7.56. The molecule has 3 rings (SSSR count). The fraction of sp³-hybridized carbons (Fsp3) is 0.261. The third-order valence-electron chi connectivity index (χ3n) is 4.59. The Morgan fingerprint density at radius 3 is 2.47 bits per heavy atom. The number of aryl methyl sites for hydroxylation is 1. The molecule has 0 fully saturated rings. The smallest absolute Gasteiger partial charge is 0.226 e. The number of rotatable bonds is 8. The molecule has 1 heterocycles. The normalized spacial score (nSPS) is 11.7. The fourth-order valence-electron chi connectivity index (χ4n) is 3.03. The van der Waals surface area contributed by atoms with Crippen LogP contribution in [0.1, 0.15) is 36.2 Å². The van der Waals surface area contributed by atoms with E-state index in [4.69, 9.17) is 16.0 Å². The molecule has 0 radical (unpaired) electrons. The average molecular weight is 426 g/mol. The van der Waals surface area contributed by atoms with E-state index in [2.05, 4.69) is 15.6 Å². The summed E-state index contributed by atoms with van der Waals surface area (Å²) in [5, 5.41) is 6.28. The summed E-state index contributed by atoms with van der Waals surface area (Å²) in [6.45, 7) is 3.88. The van der Waals surface area contributed by atoms with E-state index in [1.807, 2.05) is 31.2 Å². The zero-order valence-corrected chi connectivity index (χ0v) is 17.7. The van der Waals surface area contributed by atoms with Gasteiger partial charge in [-0.25, -0.2) is 4.98 Å². The quantitative estimate of drug-likeness (QED) is 0.565. The minimum Gasteiger partial charge on any atom is -0.444 e. The van der Waals surface area contributed by atoms with Gasteiger partial charge in [0.1, 0.15) is 6.26 Å². The van der Waals surface area contributed by atoms with Crippen LogP contribution in [0.25, 0.3) is 11.5 Å². The molecule has 0 saturated carbocycles.